The first kappa shape index (κ1) is 14.0. The molecule has 1 saturated heterocycles. The van der Waals surface area contributed by atoms with Crippen molar-refractivity contribution < 1.29 is 8.42 Å². The first-order chi connectivity index (χ1) is 8.41. The molecule has 0 aliphatic carbocycles. The van der Waals surface area contributed by atoms with E-state index in [9.17, 15) is 8.42 Å². The SMILES string of the molecule is C[C@@H]1C[C@H](C)CN(S(=O)(=O)c2ccccc2Br)C1. The summed E-state index contributed by atoms with van der Waals surface area (Å²) in [5, 5.41) is 0. The number of rotatable bonds is 2. The van der Waals surface area contributed by atoms with Gasteiger partial charge in [-0.05, 0) is 46.3 Å². The Morgan fingerprint density at radius 1 is 1.17 bits per heavy atom. The summed E-state index contributed by atoms with van der Waals surface area (Å²) in [6, 6.07) is 7.01. The summed E-state index contributed by atoms with van der Waals surface area (Å²) >= 11 is 3.32. The minimum atomic E-state index is -3.37. The lowest BCUT2D eigenvalue weighted by atomic mass is 9.94. The molecule has 100 valence electrons. The zero-order chi connectivity index (χ0) is 13.3. The molecule has 1 heterocycles. The first-order valence-electron chi connectivity index (χ1n) is 6.16. The van der Waals surface area contributed by atoms with E-state index in [1.54, 1.807) is 22.5 Å². The van der Waals surface area contributed by atoms with Gasteiger partial charge < -0.3 is 0 Å². The van der Waals surface area contributed by atoms with Crippen LogP contribution in [-0.4, -0.2) is 25.8 Å². The van der Waals surface area contributed by atoms with Crippen LogP contribution in [0.25, 0.3) is 0 Å². The minimum Gasteiger partial charge on any atom is -0.207 e. The summed E-state index contributed by atoms with van der Waals surface area (Å²) in [5.41, 5.74) is 0. The number of hydrogen-bond acceptors (Lipinski definition) is 2. The van der Waals surface area contributed by atoms with Gasteiger partial charge in [0.1, 0.15) is 0 Å². The standard InChI is InChI=1S/C13H18BrNO2S/c1-10-7-11(2)9-15(8-10)18(16,17)13-6-4-3-5-12(13)14/h3-6,10-11H,7-9H2,1-2H3/t10-,11+. The van der Waals surface area contributed by atoms with Gasteiger partial charge in [-0.2, -0.15) is 4.31 Å². The van der Waals surface area contributed by atoms with Gasteiger partial charge in [0.2, 0.25) is 10.0 Å². The summed E-state index contributed by atoms with van der Waals surface area (Å²) in [5.74, 6) is 0.844. The molecular formula is C13H18BrNO2S. The molecule has 0 aromatic heterocycles. The van der Waals surface area contributed by atoms with Gasteiger partial charge in [-0.1, -0.05) is 26.0 Å². The zero-order valence-corrected chi connectivity index (χ0v) is 13.0. The lowest BCUT2D eigenvalue weighted by Gasteiger charge is -2.34. The van der Waals surface area contributed by atoms with Crippen molar-refractivity contribution in [2.45, 2.75) is 25.2 Å². The van der Waals surface area contributed by atoms with Crippen molar-refractivity contribution in [3.05, 3.63) is 28.7 Å². The van der Waals surface area contributed by atoms with E-state index >= 15 is 0 Å². The van der Waals surface area contributed by atoms with Crippen molar-refractivity contribution in [2.24, 2.45) is 11.8 Å². The molecule has 0 N–H and O–H groups in total. The van der Waals surface area contributed by atoms with Crippen molar-refractivity contribution >= 4 is 26.0 Å². The predicted octanol–water partition coefficient (Wildman–Crippen LogP) is 3.12. The Kier molecular flexibility index (Phi) is 4.14. The molecule has 0 unspecified atom stereocenters. The minimum absolute atomic E-state index is 0.367. The first-order valence-corrected chi connectivity index (χ1v) is 8.39. The van der Waals surface area contributed by atoms with Crippen molar-refractivity contribution in [3.63, 3.8) is 0 Å². The van der Waals surface area contributed by atoms with Crippen LogP contribution >= 0.6 is 15.9 Å². The Morgan fingerprint density at radius 2 is 1.72 bits per heavy atom. The number of halogens is 1. The fraction of sp³-hybridized carbons (Fsp3) is 0.538. The number of piperidine rings is 1. The molecule has 0 spiro atoms. The van der Waals surface area contributed by atoms with Gasteiger partial charge in [0, 0.05) is 17.6 Å². The third-order valence-corrected chi connectivity index (χ3v) is 6.13. The molecule has 2 atom stereocenters. The monoisotopic (exact) mass is 331 g/mol. The molecule has 1 aromatic rings. The van der Waals surface area contributed by atoms with Crippen LogP contribution in [0, 0.1) is 11.8 Å². The molecule has 3 nitrogen and oxygen atoms in total. The van der Waals surface area contributed by atoms with E-state index in [4.69, 9.17) is 0 Å². The quantitative estimate of drug-likeness (QED) is 0.834. The lowest BCUT2D eigenvalue weighted by molar-refractivity contribution is 0.222. The largest absolute Gasteiger partial charge is 0.244 e. The van der Waals surface area contributed by atoms with E-state index in [-0.39, 0.29) is 0 Å². The summed E-state index contributed by atoms with van der Waals surface area (Å²) in [4.78, 5) is 0.367. The Morgan fingerprint density at radius 3 is 2.28 bits per heavy atom. The van der Waals surface area contributed by atoms with E-state index in [2.05, 4.69) is 29.8 Å². The van der Waals surface area contributed by atoms with Crippen molar-refractivity contribution in [1.29, 1.82) is 0 Å². The summed E-state index contributed by atoms with van der Waals surface area (Å²) in [7, 11) is -3.37. The van der Waals surface area contributed by atoms with E-state index in [0.717, 1.165) is 6.42 Å². The Bertz CT molecular complexity index is 520. The highest BCUT2D eigenvalue weighted by molar-refractivity contribution is 9.10. The van der Waals surface area contributed by atoms with Crippen LogP contribution in [-0.2, 0) is 10.0 Å². The van der Waals surface area contributed by atoms with Gasteiger partial charge >= 0.3 is 0 Å². The van der Waals surface area contributed by atoms with E-state index in [0.29, 0.717) is 34.3 Å². The second-order valence-corrected chi connectivity index (χ2v) is 7.96. The molecule has 5 heteroatoms. The molecule has 1 aromatic carbocycles. The fourth-order valence-electron chi connectivity index (χ4n) is 2.60. The summed E-state index contributed by atoms with van der Waals surface area (Å²) in [6.45, 7) is 5.46. The topological polar surface area (TPSA) is 37.4 Å². The smallest absolute Gasteiger partial charge is 0.207 e. The number of sulfonamides is 1. The molecule has 1 aliphatic heterocycles. The number of nitrogens with zero attached hydrogens (tertiary/aromatic N) is 1. The molecule has 2 rings (SSSR count). The van der Waals surface area contributed by atoms with Gasteiger partial charge in [0.15, 0.2) is 0 Å². The maximum Gasteiger partial charge on any atom is 0.244 e. The lowest BCUT2D eigenvalue weighted by Crippen LogP contribution is -2.42. The average molecular weight is 332 g/mol. The zero-order valence-electron chi connectivity index (χ0n) is 10.6. The van der Waals surface area contributed by atoms with Crippen LogP contribution in [0.3, 0.4) is 0 Å². The van der Waals surface area contributed by atoms with E-state index < -0.39 is 10.0 Å². The highest BCUT2D eigenvalue weighted by atomic mass is 79.9. The van der Waals surface area contributed by atoms with Gasteiger partial charge in [0.05, 0.1) is 4.90 Å². The fourth-order valence-corrected chi connectivity index (χ4v) is 5.24. The van der Waals surface area contributed by atoms with Gasteiger partial charge in [-0.15, -0.1) is 0 Å². The predicted molar refractivity (Wildman–Crippen MR) is 75.8 cm³/mol. The third kappa shape index (κ3) is 2.78. The molecule has 0 radical (unpaired) electrons. The van der Waals surface area contributed by atoms with Crippen LogP contribution in [0.15, 0.2) is 33.6 Å². The van der Waals surface area contributed by atoms with Crippen LogP contribution in [0.5, 0.6) is 0 Å². The van der Waals surface area contributed by atoms with Crippen molar-refractivity contribution in [2.75, 3.05) is 13.1 Å². The second kappa shape index (κ2) is 5.31. The maximum atomic E-state index is 12.6. The van der Waals surface area contributed by atoms with Crippen LogP contribution < -0.4 is 0 Å². The molecule has 18 heavy (non-hydrogen) atoms. The highest BCUT2D eigenvalue weighted by Gasteiger charge is 2.32. The molecular weight excluding hydrogens is 314 g/mol. The Hall–Kier alpha value is -0.390. The van der Waals surface area contributed by atoms with E-state index in [1.165, 1.54) is 0 Å². The highest BCUT2D eigenvalue weighted by Crippen LogP contribution is 2.29. The Labute approximate surface area is 117 Å². The summed E-state index contributed by atoms with van der Waals surface area (Å²) < 4.78 is 27.4. The average Bonchev–Trinajstić information content (AvgIpc) is 2.28. The van der Waals surface area contributed by atoms with Crippen LogP contribution in [0.1, 0.15) is 20.3 Å². The van der Waals surface area contributed by atoms with Crippen molar-refractivity contribution in [1.82, 2.24) is 4.31 Å². The normalized spacial score (nSPS) is 26.2. The number of benzene rings is 1. The molecule has 1 fully saturated rings. The van der Waals surface area contributed by atoms with Gasteiger partial charge in [0.25, 0.3) is 0 Å². The van der Waals surface area contributed by atoms with Gasteiger partial charge in [-0.25, -0.2) is 8.42 Å². The number of hydrogen-bond donors (Lipinski definition) is 0. The Balaban J connectivity index is 2.34. The van der Waals surface area contributed by atoms with Crippen LogP contribution in [0.4, 0.5) is 0 Å². The van der Waals surface area contributed by atoms with Gasteiger partial charge in [-0.3, -0.25) is 0 Å². The molecule has 1 aliphatic rings. The van der Waals surface area contributed by atoms with Crippen LogP contribution in [0.2, 0.25) is 0 Å². The molecule has 0 bridgehead atoms. The van der Waals surface area contributed by atoms with Crippen molar-refractivity contribution in [3.8, 4) is 0 Å². The summed E-state index contributed by atoms with van der Waals surface area (Å²) in [6.07, 6.45) is 1.10. The maximum absolute atomic E-state index is 12.6. The third-order valence-electron chi connectivity index (χ3n) is 3.29. The molecule has 0 amide bonds. The second-order valence-electron chi connectivity index (χ2n) is 5.20. The molecule has 0 saturated carbocycles. The van der Waals surface area contributed by atoms with E-state index in [1.807, 2.05) is 6.07 Å².